The van der Waals surface area contributed by atoms with Gasteiger partial charge < -0.3 is 20.1 Å². The van der Waals surface area contributed by atoms with Crippen LogP contribution in [0.2, 0.25) is 0 Å². The molecule has 7 nitrogen and oxygen atoms in total. The number of nitrogens with two attached hydrogens (primary N) is 1. The summed E-state index contributed by atoms with van der Waals surface area (Å²) in [4.78, 5) is 13.7. The highest BCUT2D eigenvalue weighted by molar-refractivity contribution is 5.33. The first-order valence-corrected chi connectivity index (χ1v) is 6.14. The average molecular weight is 275 g/mol. The molecule has 1 heterocycles. The Balaban J connectivity index is 1.85. The molecule has 20 heavy (non-hydrogen) atoms. The Morgan fingerprint density at radius 1 is 1.00 bits per heavy atom. The maximum absolute atomic E-state index is 5.59. The van der Waals surface area contributed by atoms with Crippen molar-refractivity contribution in [2.24, 2.45) is 0 Å². The average Bonchev–Trinajstić information content (AvgIpc) is 2.44. The second kappa shape index (κ2) is 6.55. The van der Waals surface area contributed by atoms with E-state index in [1.807, 2.05) is 44.4 Å². The van der Waals surface area contributed by atoms with E-state index in [0.29, 0.717) is 19.2 Å². The van der Waals surface area contributed by atoms with E-state index in [1.165, 1.54) is 0 Å². The van der Waals surface area contributed by atoms with Crippen LogP contribution >= 0.6 is 0 Å². The summed E-state index contributed by atoms with van der Waals surface area (Å²) < 4.78 is 10.9. The van der Waals surface area contributed by atoms with Crippen LogP contribution in [0.1, 0.15) is 0 Å². The van der Waals surface area contributed by atoms with Crippen LogP contribution in [0.25, 0.3) is 0 Å². The van der Waals surface area contributed by atoms with Gasteiger partial charge in [-0.15, -0.1) is 0 Å². The van der Waals surface area contributed by atoms with E-state index in [2.05, 4.69) is 15.0 Å². The summed E-state index contributed by atoms with van der Waals surface area (Å²) >= 11 is 0. The molecular formula is C13H17N5O2. The topological polar surface area (TPSA) is 86.4 Å². The minimum absolute atomic E-state index is 0.127. The second-order valence-corrected chi connectivity index (χ2v) is 4.18. The van der Waals surface area contributed by atoms with Gasteiger partial charge >= 0.3 is 6.01 Å². The number of hydrogen-bond acceptors (Lipinski definition) is 7. The smallest absolute Gasteiger partial charge is 0.323 e. The number of para-hydroxylation sites is 1. The molecule has 0 atom stereocenters. The number of hydrogen-bond donors (Lipinski definition) is 1. The van der Waals surface area contributed by atoms with Gasteiger partial charge in [0, 0.05) is 14.1 Å². The number of ether oxygens (including phenoxy) is 2. The zero-order valence-electron chi connectivity index (χ0n) is 11.5. The van der Waals surface area contributed by atoms with Gasteiger partial charge in [-0.3, -0.25) is 0 Å². The Hall–Kier alpha value is -2.57. The van der Waals surface area contributed by atoms with Gasteiger partial charge in [-0.1, -0.05) is 18.2 Å². The van der Waals surface area contributed by atoms with Crippen molar-refractivity contribution in [2.75, 3.05) is 37.9 Å². The third kappa shape index (κ3) is 3.98. The summed E-state index contributed by atoms with van der Waals surface area (Å²) in [5, 5.41) is 0. The molecule has 0 saturated heterocycles. The largest absolute Gasteiger partial charge is 0.490 e. The minimum Gasteiger partial charge on any atom is -0.490 e. The third-order valence-corrected chi connectivity index (χ3v) is 2.35. The van der Waals surface area contributed by atoms with E-state index in [1.54, 1.807) is 4.90 Å². The number of aromatic nitrogens is 3. The molecule has 0 aliphatic heterocycles. The number of nitrogen functional groups attached to an aromatic ring is 1. The molecule has 0 radical (unpaired) electrons. The highest BCUT2D eigenvalue weighted by Gasteiger charge is 2.06. The molecular weight excluding hydrogens is 258 g/mol. The number of benzene rings is 1. The van der Waals surface area contributed by atoms with Crippen LogP contribution in [0.5, 0.6) is 11.8 Å². The van der Waals surface area contributed by atoms with Crippen LogP contribution < -0.4 is 20.1 Å². The fourth-order valence-electron chi connectivity index (χ4n) is 1.43. The molecule has 106 valence electrons. The van der Waals surface area contributed by atoms with E-state index in [-0.39, 0.29) is 12.0 Å². The minimum atomic E-state index is 0.127. The Bertz CT molecular complexity index is 548. The van der Waals surface area contributed by atoms with E-state index in [4.69, 9.17) is 15.2 Å². The zero-order chi connectivity index (χ0) is 14.4. The van der Waals surface area contributed by atoms with Crippen LogP contribution in [0, 0.1) is 0 Å². The molecule has 0 unspecified atom stereocenters. The lowest BCUT2D eigenvalue weighted by molar-refractivity contribution is 0.206. The molecule has 2 rings (SSSR count). The molecule has 2 aromatic rings. The lowest BCUT2D eigenvalue weighted by Gasteiger charge is -2.12. The molecule has 7 heteroatoms. The van der Waals surface area contributed by atoms with E-state index >= 15 is 0 Å². The monoisotopic (exact) mass is 275 g/mol. The zero-order valence-corrected chi connectivity index (χ0v) is 11.5. The van der Waals surface area contributed by atoms with Crippen molar-refractivity contribution in [3.63, 3.8) is 0 Å². The van der Waals surface area contributed by atoms with Crippen molar-refractivity contribution in [2.45, 2.75) is 0 Å². The Morgan fingerprint density at radius 3 is 2.40 bits per heavy atom. The van der Waals surface area contributed by atoms with E-state index in [9.17, 15) is 0 Å². The molecule has 0 saturated carbocycles. The van der Waals surface area contributed by atoms with Gasteiger partial charge in [0.25, 0.3) is 0 Å². The van der Waals surface area contributed by atoms with Gasteiger partial charge in [0.05, 0.1) is 0 Å². The first-order valence-electron chi connectivity index (χ1n) is 6.14. The standard InChI is InChI=1S/C13H17N5O2/c1-18(2)12-15-11(14)16-13(17-12)20-9-8-19-10-6-4-3-5-7-10/h3-7H,8-9H2,1-2H3,(H2,14,15,16,17). The highest BCUT2D eigenvalue weighted by Crippen LogP contribution is 2.11. The van der Waals surface area contributed by atoms with Crippen molar-refractivity contribution in [1.82, 2.24) is 15.0 Å². The highest BCUT2D eigenvalue weighted by atomic mass is 16.5. The lowest BCUT2D eigenvalue weighted by atomic mass is 10.3. The molecule has 0 bridgehead atoms. The van der Waals surface area contributed by atoms with Crippen molar-refractivity contribution >= 4 is 11.9 Å². The predicted molar refractivity (Wildman–Crippen MR) is 76.0 cm³/mol. The van der Waals surface area contributed by atoms with E-state index < -0.39 is 0 Å². The second-order valence-electron chi connectivity index (χ2n) is 4.18. The fraction of sp³-hybridized carbons (Fsp3) is 0.308. The molecule has 1 aromatic carbocycles. The Kier molecular flexibility index (Phi) is 4.54. The molecule has 1 aromatic heterocycles. The molecule has 0 amide bonds. The lowest BCUT2D eigenvalue weighted by Crippen LogP contribution is -2.17. The first kappa shape index (κ1) is 13.9. The van der Waals surface area contributed by atoms with Crippen molar-refractivity contribution < 1.29 is 9.47 Å². The molecule has 0 aliphatic rings. The molecule has 2 N–H and O–H groups in total. The van der Waals surface area contributed by atoms with Crippen molar-refractivity contribution in [3.05, 3.63) is 30.3 Å². The summed E-state index contributed by atoms with van der Waals surface area (Å²) in [6.07, 6.45) is 0. The number of rotatable bonds is 6. The number of nitrogens with zero attached hydrogens (tertiary/aromatic N) is 4. The van der Waals surface area contributed by atoms with E-state index in [0.717, 1.165) is 5.75 Å². The van der Waals surface area contributed by atoms with Gasteiger partial charge in [0.1, 0.15) is 19.0 Å². The van der Waals surface area contributed by atoms with Crippen LogP contribution in [0.4, 0.5) is 11.9 Å². The molecule has 0 aliphatic carbocycles. The SMILES string of the molecule is CN(C)c1nc(N)nc(OCCOc2ccccc2)n1. The van der Waals surface area contributed by atoms with Gasteiger partial charge in [0.15, 0.2) is 0 Å². The summed E-state index contributed by atoms with van der Waals surface area (Å²) in [5.41, 5.74) is 5.59. The third-order valence-electron chi connectivity index (χ3n) is 2.35. The van der Waals surface area contributed by atoms with Crippen LogP contribution in [0.3, 0.4) is 0 Å². The summed E-state index contributed by atoms with van der Waals surface area (Å²) in [6.45, 7) is 0.720. The van der Waals surface area contributed by atoms with Crippen LogP contribution in [-0.4, -0.2) is 42.3 Å². The summed E-state index contributed by atoms with van der Waals surface area (Å²) in [6, 6.07) is 9.70. The van der Waals surface area contributed by atoms with Crippen molar-refractivity contribution in [1.29, 1.82) is 0 Å². The molecule has 0 spiro atoms. The van der Waals surface area contributed by atoms with Crippen molar-refractivity contribution in [3.8, 4) is 11.8 Å². The Labute approximate surface area is 117 Å². The normalized spacial score (nSPS) is 10.1. The quantitative estimate of drug-likeness (QED) is 0.786. The molecule has 0 fully saturated rings. The first-order chi connectivity index (χ1) is 9.65. The van der Waals surface area contributed by atoms with Gasteiger partial charge in [-0.05, 0) is 12.1 Å². The predicted octanol–water partition coefficient (Wildman–Crippen LogP) is 0.978. The van der Waals surface area contributed by atoms with Gasteiger partial charge in [-0.2, -0.15) is 15.0 Å². The summed E-state index contributed by atoms with van der Waals surface area (Å²) in [7, 11) is 3.63. The maximum atomic E-state index is 5.59. The summed E-state index contributed by atoms with van der Waals surface area (Å²) in [5.74, 6) is 1.37. The number of anilines is 2. The van der Waals surface area contributed by atoms with Crippen LogP contribution in [-0.2, 0) is 0 Å². The van der Waals surface area contributed by atoms with Crippen LogP contribution in [0.15, 0.2) is 30.3 Å². The maximum Gasteiger partial charge on any atom is 0.323 e. The van der Waals surface area contributed by atoms with Gasteiger partial charge in [-0.25, -0.2) is 0 Å². The fourth-order valence-corrected chi connectivity index (χ4v) is 1.43. The Morgan fingerprint density at radius 2 is 1.70 bits per heavy atom. The van der Waals surface area contributed by atoms with Gasteiger partial charge in [0.2, 0.25) is 11.9 Å².